The monoisotopic (exact) mass is 304 g/mol. The van der Waals surface area contributed by atoms with Gasteiger partial charge >= 0.3 is 6.09 Å². The summed E-state index contributed by atoms with van der Waals surface area (Å²) in [5.74, 6) is 0.328. The molecule has 2 aromatic rings. The number of nitrogens with zero attached hydrogens (tertiary/aromatic N) is 2. The highest BCUT2D eigenvalue weighted by Crippen LogP contribution is 2.31. The average molecular weight is 304 g/mol. The minimum Gasteiger partial charge on any atom is -0.465 e. The molecule has 0 unspecified atom stereocenters. The average Bonchev–Trinajstić information content (AvgIpc) is 2.89. The molecule has 0 saturated carbocycles. The molecule has 2 heterocycles. The maximum Gasteiger partial charge on any atom is 0.411 e. The first-order valence-corrected chi connectivity index (χ1v) is 7.61. The molecule has 6 heteroatoms. The van der Waals surface area contributed by atoms with E-state index < -0.39 is 6.09 Å². The molecule has 0 spiro atoms. The first-order valence-electron chi connectivity index (χ1n) is 6.80. The number of carbonyl (C=O) groups is 1. The summed E-state index contributed by atoms with van der Waals surface area (Å²) >= 11 is 1.45. The molecule has 0 saturated heterocycles. The van der Waals surface area contributed by atoms with E-state index in [4.69, 9.17) is 5.11 Å². The van der Waals surface area contributed by atoms with Crippen LogP contribution in [0.3, 0.4) is 0 Å². The number of rotatable bonds is 2. The summed E-state index contributed by atoms with van der Waals surface area (Å²) in [6.45, 7) is 2.48. The van der Waals surface area contributed by atoms with Crippen LogP contribution in [0.1, 0.15) is 23.9 Å². The maximum atomic E-state index is 11.4. The first-order chi connectivity index (χ1) is 10.1. The molecular weight excluding hydrogens is 288 g/mol. The van der Waals surface area contributed by atoms with Crippen molar-refractivity contribution in [1.29, 1.82) is 0 Å². The summed E-state index contributed by atoms with van der Waals surface area (Å²) in [5, 5.41) is 19.2. The quantitative estimate of drug-likeness (QED) is 0.894. The van der Waals surface area contributed by atoms with Crippen LogP contribution in [0.2, 0.25) is 0 Å². The minimum atomic E-state index is -0.928. The fraction of sp³-hybridized carbons (Fsp3) is 0.333. The molecule has 1 aromatic heterocycles. The Morgan fingerprint density at radius 1 is 1.52 bits per heavy atom. The van der Waals surface area contributed by atoms with Crippen LogP contribution in [0.15, 0.2) is 24.3 Å². The molecule has 1 amide bonds. The van der Waals surface area contributed by atoms with Gasteiger partial charge in [0, 0.05) is 12.1 Å². The van der Waals surface area contributed by atoms with Gasteiger partial charge in [-0.15, -0.1) is 11.3 Å². The lowest BCUT2D eigenvalue weighted by atomic mass is 9.98. The molecule has 0 fully saturated rings. The van der Waals surface area contributed by atoms with Crippen LogP contribution in [0.5, 0.6) is 0 Å². The second-order valence-electron chi connectivity index (χ2n) is 5.27. The maximum absolute atomic E-state index is 11.4. The summed E-state index contributed by atoms with van der Waals surface area (Å²) in [7, 11) is 0. The number of allylic oxidation sites excluding steroid dienone is 1. The fourth-order valence-electron chi connectivity index (χ4n) is 2.56. The molecule has 0 bridgehead atoms. The Kier molecular flexibility index (Phi) is 3.65. The molecule has 0 radical (unpaired) electrons. The molecule has 1 aliphatic rings. The fourth-order valence-corrected chi connectivity index (χ4v) is 3.37. The number of aromatic nitrogens is 1. The number of aliphatic hydroxyl groups excluding tert-OH is 1. The molecule has 2 N–H and O–H groups in total. The van der Waals surface area contributed by atoms with Crippen molar-refractivity contribution in [3.05, 3.63) is 34.8 Å². The third kappa shape index (κ3) is 2.64. The van der Waals surface area contributed by atoms with Crippen molar-refractivity contribution in [2.75, 3.05) is 6.54 Å². The summed E-state index contributed by atoms with van der Waals surface area (Å²) in [6, 6.07) is 5.74. The Morgan fingerprint density at radius 3 is 3.05 bits per heavy atom. The van der Waals surface area contributed by atoms with E-state index in [2.05, 4.69) is 4.98 Å². The first kappa shape index (κ1) is 14.0. The Morgan fingerprint density at radius 2 is 2.33 bits per heavy atom. The van der Waals surface area contributed by atoms with Gasteiger partial charge in [0.25, 0.3) is 0 Å². The number of fused-ring (bicyclic) bond motifs is 1. The zero-order valence-electron chi connectivity index (χ0n) is 11.6. The van der Waals surface area contributed by atoms with Gasteiger partial charge in [0.15, 0.2) is 0 Å². The van der Waals surface area contributed by atoms with E-state index in [1.807, 2.05) is 31.2 Å². The van der Waals surface area contributed by atoms with Crippen LogP contribution in [-0.4, -0.2) is 32.7 Å². The molecule has 3 rings (SSSR count). The molecule has 1 atom stereocenters. The second-order valence-corrected chi connectivity index (χ2v) is 6.39. The predicted octanol–water partition coefficient (Wildman–Crippen LogP) is 3.15. The lowest BCUT2D eigenvalue weighted by Gasteiger charge is -2.29. The Labute approximate surface area is 126 Å². The number of aliphatic hydroxyl groups is 1. The standard InChI is InChI=1S/C15H16N2O3S/c1-9-2-4-12(17(7-9)15(19)20)10-3-5-13-11(6-10)16-14(8-18)21-13/h3-6,9,18H,2,7-8H2,1H3,(H,19,20)/t9-/m0/s1. The third-order valence-electron chi connectivity index (χ3n) is 3.59. The number of hydrogen-bond donors (Lipinski definition) is 2. The second kappa shape index (κ2) is 5.46. The van der Waals surface area contributed by atoms with Crippen LogP contribution < -0.4 is 0 Å². The summed E-state index contributed by atoms with van der Waals surface area (Å²) in [4.78, 5) is 17.2. The van der Waals surface area contributed by atoms with Crippen molar-refractivity contribution in [3.8, 4) is 0 Å². The van der Waals surface area contributed by atoms with Crippen LogP contribution in [0.4, 0.5) is 4.79 Å². The zero-order chi connectivity index (χ0) is 15.0. The highest BCUT2D eigenvalue weighted by Gasteiger charge is 2.24. The van der Waals surface area contributed by atoms with Crippen molar-refractivity contribution in [2.45, 2.75) is 20.0 Å². The van der Waals surface area contributed by atoms with Gasteiger partial charge in [-0.25, -0.2) is 9.78 Å². The van der Waals surface area contributed by atoms with Crippen molar-refractivity contribution >= 4 is 33.3 Å². The smallest absolute Gasteiger partial charge is 0.411 e. The van der Waals surface area contributed by atoms with Gasteiger partial charge in [-0.2, -0.15) is 0 Å². The van der Waals surface area contributed by atoms with E-state index in [9.17, 15) is 9.90 Å². The number of carboxylic acid groups (broad SMARTS) is 1. The Hall–Kier alpha value is -1.92. The van der Waals surface area contributed by atoms with E-state index in [0.29, 0.717) is 17.5 Å². The zero-order valence-corrected chi connectivity index (χ0v) is 12.4. The lowest BCUT2D eigenvalue weighted by molar-refractivity contribution is 0.159. The van der Waals surface area contributed by atoms with Crippen molar-refractivity contribution in [2.24, 2.45) is 5.92 Å². The number of hydrogen-bond acceptors (Lipinski definition) is 4. The minimum absolute atomic E-state index is 0.0733. The lowest BCUT2D eigenvalue weighted by Crippen LogP contribution is -2.34. The number of benzene rings is 1. The van der Waals surface area contributed by atoms with Gasteiger partial charge in [0.1, 0.15) is 5.01 Å². The summed E-state index contributed by atoms with van der Waals surface area (Å²) < 4.78 is 0.995. The summed E-state index contributed by atoms with van der Waals surface area (Å²) in [6.07, 6.45) is 1.92. The van der Waals surface area contributed by atoms with E-state index in [0.717, 1.165) is 27.9 Å². The predicted molar refractivity (Wildman–Crippen MR) is 82.0 cm³/mol. The van der Waals surface area contributed by atoms with E-state index in [1.165, 1.54) is 16.2 Å². The molecule has 0 aliphatic carbocycles. The van der Waals surface area contributed by atoms with Crippen LogP contribution >= 0.6 is 11.3 Å². The molecular formula is C15H16N2O3S. The van der Waals surface area contributed by atoms with Crippen molar-refractivity contribution in [3.63, 3.8) is 0 Å². The molecule has 21 heavy (non-hydrogen) atoms. The molecule has 110 valence electrons. The number of amides is 1. The van der Waals surface area contributed by atoms with Crippen LogP contribution in [0, 0.1) is 5.92 Å². The third-order valence-corrected chi connectivity index (χ3v) is 4.61. The van der Waals surface area contributed by atoms with E-state index in [1.54, 1.807) is 0 Å². The van der Waals surface area contributed by atoms with Crippen LogP contribution in [0.25, 0.3) is 15.9 Å². The SMILES string of the molecule is C[C@H]1CC=C(c2ccc3sc(CO)nc3c2)N(C(=O)O)C1. The van der Waals surface area contributed by atoms with E-state index in [-0.39, 0.29) is 6.61 Å². The van der Waals surface area contributed by atoms with Gasteiger partial charge in [0.2, 0.25) is 0 Å². The van der Waals surface area contributed by atoms with Gasteiger partial charge < -0.3 is 10.2 Å². The van der Waals surface area contributed by atoms with Crippen LogP contribution in [-0.2, 0) is 6.61 Å². The van der Waals surface area contributed by atoms with Gasteiger partial charge in [-0.3, -0.25) is 4.90 Å². The van der Waals surface area contributed by atoms with Gasteiger partial charge in [-0.05, 0) is 24.5 Å². The molecule has 1 aromatic carbocycles. The molecule has 5 nitrogen and oxygen atoms in total. The van der Waals surface area contributed by atoms with Crippen molar-refractivity contribution in [1.82, 2.24) is 9.88 Å². The number of thiazole rings is 1. The van der Waals surface area contributed by atoms with Crippen molar-refractivity contribution < 1.29 is 15.0 Å². The Balaban J connectivity index is 2.03. The normalized spacial score (nSPS) is 18.9. The van der Waals surface area contributed by atoms with E-state index >= 15 is 0 Å². The van der Waals surface area contributed by atoms with Gasteiger partial charge in [0.05, 0.1) is 22.5 Å². The van der Waals surface area contributed by atoms with Gasteiger partial charge in [-0.1, -0.05) is 19.1 Å². The molecule has 1 aliphatic heterocycles. The Bertz CT molecular complexity index is 723. The summed E-state index contributed by atoms with van der Waals surface area (Å²) in [5.41, 5.74) is 2.37. The highest BCUT2D eigenvalue weighted by molar-refractivity contribution is 7.18. The highest BCUT2D eigenvalue weighted by atomic mass is 32.1. The largest absolute Gasteiger partial charge is 0.465 e. The topological polar surface area (TPSA) is 73.7 Å².